The fourth-order valence-electron chi connectivity index (χ4n) is 0.588. The summed E-state index contributed by atoms with van der Waals surface area (Å²) < 4.78 is 0. The lowest BCUT2D eigenvalue weighted by Crippen LogP contribution is -2.01. The highest BCUT2D eigenvalue weighted by atomic mass is 31.1. The van der Waals surface area contributed by atoms with Crippen molar-refractivity contribution < 1.29 is 0 Å². The van der Waals surface area contributed by atoms with Gasteiger partial charge in [-0.2, -0.15) is 0 Å². The Hall–Kier alpha value is 0.390. The minimum absolute atomic E-state index is 0.919. The van der Waals surface area contributed by atoms with E-state index in [4.69, 9.17) is 0 Å². The molecule has 1 atom stereocenters. The Balaban J connectivity index is 2.53. The predicted molar refractivity (Wildman–Crippen MR) is 41.8 cm³/mol. The van der Waals surface area contributed by atoms with Crippen molar-refractivity contribution in [2.24, 2.45) is 0 Å². The molecule has 0 aliphatic rings. The molecule has 0 amide bonds. The first-order chi connectivity index (χ1) is 3.91. The smallest absolute Gasteiger partial charge is 0.00123 e. The van der Waals surface area contributed by atoms with E-state index < -0.39 is 0 Å². The van der Waals surface area contributed by atoms with Crippen LogP contribution in [0.15, 0.2) is 0 Å². The minimum atomic E-state index is 0.919. The Morgan fingerprint density at radius 1 is 1.38 bits per heavy atom. The van der Waals surface area contributed by atoms with Crippen LogP contribution in [-0.4, -0.2) is 13.2 Å². The third-order valence-corrected chi connectivity index (χ3v) is 1.69. The first-order valence-corrected chi connectivity index (χ1v) is 4.81. The molecule has 0 spiro atoms. The molecule has 50 valence electrons. The van der Waals surface area contributed by atoms with Crippen LogP contribution in [0.3, 0.4) is 0 Å². The molecular weight excluding hydrogens is 117 g/mol. The molecule has 0 saturated heterocycles. The molecule has 0 fully saturated rings. The van der Waals surface area contributed by atoms with Gasteiger partial charge in [0.05, 0.1) is 0 Å². The van der Waals surface area contributed by atoms with Gasteiger partial charge >= 0.3 is 0 Å². The van der Waals surface area contributed by atoms with Crippen molar-refractivity contribution in [1.82, 2.24) is 5.09 Å². The second kappa shape index (κ2) is 7.39. The van der Waals surface area contributed by atoms with Crippen LogP contribution in [0.2, 0.25) is 0 Å². The summed E-state index contributed by atoms with van der Waals surface area (Å²) in [5, 5.41) is 3.31. The van der Waals surface area contributed by atoms with Crippen LogP contribution in [0.5, 0.6) is 0 Å². The summed E-state index contributed by atoms with van der Waals surface area (Å²) in [6, 6.07) is 0. The molecule has 2 heteroatoms. The quantitative estimate of drug-likeness (QED) is 0.446. The zero-order chi connectivity index (χ0) is 6.24. The van der Waals surface area contributed by atoms with Crippen molar-refractivity contribution in [2.75, 3.05) is 13.2 Å². The van der Waals surface area contributed by atoms with Crippen molar-refractivity contribution >= 4 is 8.73 Å². The van der Waals surface area contributed by atoms with Gasteiger partial charge in [0.15, 0.2) is 0 Å². The van der Waals surface area contributed by atoms with E-state index in [2.05, 4.69) is 18.7 Å². The third kappa shape index (κ3) is 6.39. The monoisotopic (exact) mass is 133 g/mol. The lowest BCUT2D eigenvalue weighted by Gasteiger charge is -1.97. The van der Waals surface area contributed by atoms with Crippen molar-refractivity contribution in [2.45, 2.75) is 26.2 Å². The van der Waals surface area contributed by atoms with Gasteiger partial charge in [0.1, 0.15) is 0 Å². The highest BCUT2D eigenvalue weighted by Gasteiger charge is 1.81. The molecule has 0 bridgehead atoms. The van der Waals surface area contributed by atoms with Gasteiger partial charge in [0.2, 0.25) is 0 Å². The molecule has 0 aromatic carbocycles. The molecule has 0 saturated carbocycles. The summed E-state index contributed by atoms with van der Waals surface area (Å²) in [6.45, 7) is 5.61. The van der Waals surface area contributed by atoms with E-state index in [1.54, 1.807) is 0 Å². The van der Waals surface area contributed by atoms with Gasteiger partial charge in [-0.1, -0.05) is 28.5 Å². The van der Waals surface area contributed by atoms with Gasteiger partial charge in [-0.25, -0.2) is 0 Å². The maximum atomic E-state index is 3.31. The maximum absolute atomic E-state index is 3.31. The van der Waals surface area contributed by atoms with E-state index >= 15 is 0 Å². The lowest BCUT2D eigenvalue weighted by molar-refractivity contribution is 0.707. The van der Waals surface area contributed by atoms with Gasteiger partial charge < -0.3 is 0 Å². The third-order valence-electron chi connectivity index (χ3n) is 1.08. The van der Waals surface area contributed by atoms with E-state index in [0.29, 0.717) is 0 Å². The average Bonchev–Trinajstić information content (AvgIpc) is 1.81. The molecular formula is C6H16NP. The van der Waals surface area contributed by atoms with Crippen molar-refractivity contribution in [3.63, 3.8) is 0 Å². The van der Waals surface area contributed by atoms with E-state index in [9.17, 15) is 0 Å². The van der Waals surface area contributed by atoms with E-state index in [1.165, 1.54) is 25.8 Å². The van der Waals surface area contributed by atoms with E-state index in [-0.39, 0.29) is 0 Å². The first kappa shape index (κ1) is 8.39. The topological polar surface area (TPSA) is 12.0 Å². The van der Waals surface area contributed by atoms with Crippen LogP contribution in [0.4, 0.5) is 0 Å². The lowest BCUT2D eigenvalue weighted by atomic mass is 10.3. The van der Waals surface area contributed by atoms with Crippen LogP contribution in [0, 0.1) is 0 Å². The summed E-state index contributed by atoms with van der Waals surface area (Å²) in [5.74, 6) is 0. The predicted octanol–water partition coefficient (Wildman–Crippen LogP) is 1.99. The van der Waals surface area contributed by atoms with Gasteiger partial charge in [0.25, 0.3) is 0 Å². The number of unbranched alkanes of at least 4 members (excludes halogenated alkanes) is 2. The Labute approximate surface area is 54.1 Å². The molecule has 1 nitrogen and oxygen atoms in total. The Bertz CT molecular complexity index is 33.5. The Kier molecular flexibility index (Phi) is 7.75. The summed E-state index contributed by atoms with van der Waals surface area (Å²) in [4.78, 5) is 0. The zero-order valence-electron chi connectivity index (χ0n) is 5.83. The van der Waals surface area contributed by atoms with E-state index in [0.717, 1.165) is 8.73 Å². The van der Waals surface area contributed by atoms with E-state index in [1.807, 2.05) is 0 Å². The molecule has 0 aliphatic carbocycles. The molecule has 0 heterocycles. The van der Waals surface area contributed by atoms with Gasteiger partial charge in [-0.3, -0.25) is 5.09 Å². The number of nitrogens with one attached hydrogen (secondary N) is 1. The number of hydrogen-bond donors (Lipinski definition) is 1. The van der Waals surface area contributed by atoms with Gasteiger partial charge in [0, 0.05) is 0 Å². The highest BCUT2D eigenvalue weighted by Crippen LogP contribution is 1.96. The standard InChI is InChI=1S/C6H16NP/c1-3-4-5-6-7-8-2/h7-8H,3-6H2,1-2H3. The van der Waals surface area contributed by atoms with Crippen molar-refractivity contribution in [1.29, 1.82) is 0 Å². The second-order valence-electron chi connectivity index (χ2n) is 1.88. The van der Waals surface area contributed by atoms with Crippen molar-refractivity contribution in [3.8, 4) is 0 Å². The second-order valence-corrected chi connectivity index (χ2v) is 2.74. The molecule has 0 aliphatic heterocycles. The fourth-order valence-corrected chi connectivity index (χ4v) is 1.02. The van der Waals surface area contributed by atoms with Crippen molar-refractivity contribution in [3.05, 3.63) is 0 Å². The Morgan fingerprint density at radius 2 is 2.12 bits per heavy atom. The highest BCUT2D eigenvalue weighted by molar-refractivity contribution is 7.34. The van der Waals surface area contributed by atoms with Crippen LogP contribution in [0.1, 0.15) is 26.2 Å². The van der Waals surface area contributed by atoms with Crippen LogP contribution in [0.25, 0.3) is 0 Å². The zero-order valence-corrected chi connectivity index (χ0v) is 6.83. The Morgan fingerprint density at radius 3 is 2.62 bits per heavy atom. The summed E-state index contributed by atoms with van der Waals surface area (Å²) >= 11 is 0. The number of hydrogen-bond acceptors (Lipinski definition) is 1. The first-order valence-electron chi connectivity index (χ1n) is 3.31. The average molecular weight is 133 g/mol. The number of rotatable bonds is 5. The largest absolute Gasteiger partial charge is 0.298 e. The molecule has 0 radical (unpaired) electrons. The normalized spacial score (nSPS) is 11.2. The minimum Gasteiger partial charge on any atom is -0.298 e. The van der Waals surface area contributed by atoms with Crippen LogP contribution in [-0.2, 0) is 0 Å². The van der Waals surface area contributed by atoms with Crippen LogP contribution < -0.4 is 5.09 Å². The SMILES string of the molecule is CCCCCNPC. The maximum Gasteiger partial charge on any atom is -0.00123 e. The van der Waals surface area contributed by atoms with Gasteiger partial charge in [-0.05, 0) is 19.6 Å². The molecule has 8 heavy (non-hydrogen) atoms. The molecule has 0 aromatic heterocycles. The molecule has 0 rings (SSSR count). The summed E-state index contributed by atoms with van der Waals surface area (Å²) in [6.07, 6.45) is 4.04. The summed E-state index contributed by atoms with van der Waals surface area (Å²) in [7, 11) is 0.919. The van der Waals surface area contributed by atoms with Crippen LogP contribution >= 0.6 is 8.73 Å². The molecule has 1 N–H and O–H groups in total. The fraction of sp³-hybridized carbons (Fsp3) is 1.00. The van der Waals surface area contributed by atoms with Gasteiger partial charge in [-0.15, -0.1) is 0 Å². The summed E-state index contributed by atoms with van der Waals surface area (Å²) in [5.41, 5.74) is 0. The molecule has 0 aromatic rings. The molecule has 1 unspecified atom stereocenters.